The summed E-state index contributed by atoms with van der Waals surface area (Å²) in [4.78, 5) is 0.182. The topological polar surface area (TPSA) is 12.0 Å². The van der Waals surface area contributed by atoms with Crippen LogP contribution in [0.2, 0.25) is 0 Å². The molecule has 0 saturated heterocycles. The first-order valence-electron chi connectivity index (χ1n) is 7.71. The maximum absolute atomic E-state index is 14.1. The molecule has 2 rings (SSSR count). The Balaban J connectivity index is 1.99. The van der Waals surface area contributed by atoms with Gasteiger partial charge in [0.2, 0.25) is 0 Å². The monoisotopic (exact) mass is 313 g/mol. The van der Waals surface area contributed by atoms with Crippen molar-refractivity contribution in [2.45, 2.75) is 63.4 Å². The predicted octanol–water partition coefficient (Wildman–Crippen LogP) is 5.14. The molecular formula is C17H25F2NS. The predicted molar refractivity (Wildman–Crippen MR) is 85.6 cm³/mol. The highest BCUT2D eigenvalue weighted by molar-refractivity contribution is 7.99. The van der Waals surface area contributed by atoms with E-state index < -0.39 is 11.6 Å². The molecule has 1 aliphatic carbocycles. The van der Waals surface area contributed by atoms with Crippen molar-refractivity contribution >= 4 is 11.8 Å². The van der Waals surface area contributed by atoms with Gasteiger partial charge in [0.1, 0.15) is 11.6 Å². The Hall–Kier alpha value is -0.610. The second-order valence-electron chi connectivity index (χ2n) is 6.95. The molecule has 0 spiro atoms. The van der Waals surface area contributed by atoms with Gasteiger partial charge in [0.05, 0.1) is 4.90 Å². The summed E-state index contributed by atoms with van der Waals surface area (Å²) in [5.41, 5.74) is 0.591. The zero-order chi connectivity index (χ0) is 15.5. The molecule has 0 heterocycles. The van der Waals surface area contributed by atoms with Gasteiger partial charge in [-0.25, -0.2) is 8.78 Å². The zero-order valence-corrected chi connectivity index (χ0v) is 14.0. The smallest absolute Gasteiger partial charge is 0.140 e. The number of halogens is 2. The van der Waals surface area contributed by atoms with Gasteiger partial charge in [-0.2, -0.15) is 0 Å². The first kappa shape index (κ1) is 16.8. The molecule has 21 heavy (non-hydrogen) atoms. The van der Waals surface area contributed by atoms with E-state index in [9.17, 15) is 8.78 Å². The number of hydrogen-bond acceptors (Lipinski definition) is 2. The van der Waals surface area contributed by atoms with E-state index in [0.717, 1.165) is 5.75 Å². The van der Waals surface area contributed by atoms with Gasteiger partial charge in [-0.1, -0.05) is 12.8 Å². The van der Waals surface area contributed by atoms with E-state index in [2.05, 4.69) is 5.32 Å². The fourth-order valence-corrected chi connectivity index (χ4v) is 3.73. The molecule has 1 aromatic rings. The molecule has 4 heteroatoms. The number of hydrogen-bond donors (Lipinski definition) is 1. The highest BCUT2D eigenvalue weighted by atomic mass is 32.2. The minimum atomic E-state index is -0.427. The van der Waals surface area contributed by atoms with Gasteiger partial charge in [0.25, 0.3) is 0 Å². The van der Waals surface area contributed by atoms with Crippen LogP contribution in [-0.2, 0) is 6.54 Å². The fourth-order valence-electron chi connectivity index (χ4n) is 2.60. The maximum atomic E-state index is 14.1. The minimum Gasteiger partial charge on any atom is -0.308 e. The summed E-state index contributed by atoms with van der Waals surface area (Å²) < 4.78 is 28.2. The molecule has 1 aliphatic rings. The first-order chi connectivity index (χ1) is 9.85. The molecule has 1 nitrogen and oxygen atoms in total. The van der Waals surface area contributed by atoms with Gasteiger partial charge in [0, 0.05) is 17.8 Å². The Morgan fingerprint density at radius 3 is 2.24 bits per heavy atom. The van der Waals surface area contributed by atoms with Crippen LogP contribution in [0.1, 0.15) is 52.0 Å². The van der Waals surface area contributed by atoms with Crippen molar-refractivity contribution in [2.75, 3.05) is 5.75 Å². The molecule has 1 saturated carbocycles. The van der Waals surface area contributed by atoms with Crippen LogP contribution in [0.25, 0.3) is 0 Å². The molecule has 1 aromatic carbocycles. The number of nitrogens with one attached hydrogen (secondary N) is 1. The van der Waals surface area contributed by atoms with Crippen molar-refractivity contribution in [1.29, 1.82) is 0 Å². The summed E-state index contributed by atoms with van der Waals surface area (Å²) in [5, 5.41) is 3.25. The third-order valence-corrected chi connectivity index (χ3v) is 5.14. The van der Waals surface area contributed by atoms with E-state index in [1.165, 1.54) is 49.6 Å². The van der Waals surface area contributed by atoms with E-state index in [1.807, 2.05) is 20.8 Å². The van der Waals surface area contributed by atoms with Crippen LogP contribution in [0, 0.1) is 17.6 Å². The van der Waals surface area contributed by atoms with Gasteiger partial charge in [-0.15, -0.1) is 11.8 Å². The molecule has 0 amide bonds. The molecule has 118 valence electrons. The Kier molecular flexibility index (Phi) is 5.67. The Bertz CT molecular complexity index is 453. The van der Waals surface area contributed by atoms with Crippen LogP contribution in [0.15, 0.2) is 17.0 Å². The molecule has 0 aromatic heterocycles. The number of benzene rings is 1. The lowest BCUT2D eigenvalue weighted by Gasteiger charge is -2.21. The van der Waals surface area contributed by atoms with Crippen LogP contribution in [0.4, 0.5) is 8.78 Å². The van der Waals surface area contributed by atoms with E-state index in [-0.39, 0.29) is 10.4 Å². The van der Waals surface area contributed by atoms with Gasteiger partial charge in [0.15, 0.2) is 0 Å². The lowest BCUT2D eigenvalue weighted by Crippen LogP contribution is -2.35. The van der Waals surface area contributed by atoms with Crippen molar-refractivity contribution in [3.05, 3.63) is 29.3 Å². The summed E-state index contributed by atoms with van der Waals surface area (Å²) in [6.45, 7) is 6.58. The fraction of sp³-hybridized carbons (Fsp3) is 0.647. The van der Waals surface area contributed by atoms with E-state index in [1.54, 1.807) is 0 Å². The summed E-state index contributed by atoms with van der Waals surface area (Å²) in [6.07, 6.45) is 4.91. The average molecular weight is 313 g/mol. The van der Waals surface area contributed by atoms with Crippen LogP contribution in [-0.4, -0.2) is 11.3 Å². The van der Waals surface area contributed by atoms with Crippen LogP contribution >= 0.6 is 11.8 Å². The molecular weight excluding hydrogens is 288 g/mol. The minimum absolute atomic E-state index is 0.0666. The summed E-state index contributed by atoms with van der Waals surface area (Å²) >= 11 is 1.33. The molecule has 1 fully saturated rings. The van der Waals surface area contributed by atoms with Crippen molar-refractivity contribution in [2.24, 2.45) is 5.92 Å². The zero-order valence-electron chi connectivity index (χ0n) is 13.1. The van der Waals surface area contributed by atoms with Crippen molar-refractivity contribution in [1.82, 2.24) is 5.32 Å². The Morgan fingerprint density at radius 2 is 1.71 bits per heavy atom. The van der Waals surface area contributed by atoms with Gasteiger partial charge in [-0.3, -0.25) is 0 Å². The lowest BCUT2D eigenvalue weighted by molar-refractivity contribution is 0.422. The number of rotatable bonds is 5. The van der Waals surface area contributed by atoms with Gasteiger partial charge >= 0.3 is 0 Å². The third-order valence-electron chi connectivity index (χ3n) is 3.82. The highest BCUT2D eigenvalue weighted by Gasteiger charge is 2.18. The highest BCUT2D eigenvalue weighted by Crippen LogP contribution is 2.33. The molecule has 0 bridgehead atoms. The SMILES string of the molecule is CC(C)(C)NCc1cc(F)c(SCC2CCCC2)c(F)c1. The second kappa shape index (κ2) is 7.10. The van der Waals surface area contributed by atoms with Gasteiger partial charge < -0.3 is 5.32 Å². The molecule has 0 unspecified atom stereocenters. The van der Waals surface area contributed by atoms with Crippen LogP contribution in [0.3, 0.4) is 0 Å². The van der Waals surface area contributed by atoms with E-state index >= 15 is 0 Å². The number of thioether (sulfide) groups is 1. The van der Waals surface area contributed by atoms with Crippen LogP contribution < -0.4 is 5.32 Å². The summed E-state index contributed by atoms with van der Waals surface area (Å²) in [5.74, 6) is 0.594. The van der Waals surface area contributed by atoms with Crippen molar-refractivity contribution in [3.8, 4) is 0 Å². The van der Waals surface area contributed by atoms with E-state index in [0.29, 0.717) is 18.0 Å². The first-order valence-corrected chi connectivity index (χ1v) is 8.69. The average Bonchev–Trinajstić information content (AvgIpc) is 2.87. The maximum Gasteiger partial charge on any atom is 0.140 e. The Labute approximate surface area is 130 Å². The van der Waals surface area contributed by atoms with Gasteiger partial charge in [-0.05, 0) is 57.2 Å². The largest absolute Gasteiger partial charge is 0.308 e. The molecule has 0 atom stereocenters. The summed E-state index contributed by atoms with van der Waals surface area (Å²) in [6, 6.07) is 2.91. The van der Waals surface area contributed by atoms with Crippen molar-refractivity contribution in [3.63, 3.8) is 0 Å². The Morgan fingerprint density at radius 1 is 1.14 bits per heavy atom. The second-order valence-corrected chi connectivity index (χ2v) is 7.98. The molecule has 0 radical (unpaired) electrons. The van der Waals surface area contributed by atoms with Crippen molar-refractivity contribution < 1.29 is 8.78 Å². The third kappa shape index (κ3) is 5.26. The lowest BCUT2D eigenvalue weighted by atomic mass is 10.1. The molecule has 0 aliphatic heterocycles. The molecule has 1 N–H and O–H groups in total. The van der Waals surface area contributed by atoms with E-state index in [4.69, 9.17) is 0 Å². The van der Waals surface area contributed by atoms with Crippen LogP contribution in [0.5, 0.6) is 0 Å². The standard InChI is InChI=1S/C17H25F2NS/c1-17(2,3)20-10-13-8-14(18)16(15(19)9-13)21-11-12-6-4-5-7-12/h8-9,12,20H,4-7,10-11H2,1-3H3. The quantitative estimate of drug-likeness (QED) is 0.756. The summed E-state index contributed by atoms with van der Waals surface area (Å²) in [7, 11) is 0. The normalized spacial score (nSPS) is 16.6.